The Balaban J connectivity index is 2.10. The number of furan rings is 1. The minimum absolute atomic E-state index is 0.0808. The van der Waals surface area contributed by atoms with Gasteiger partial charge in [0.15, 0.2) is 5.76 Å². The number of anilines is 1. The minimum atomic E-state index is -0.452. The number of unbranched alkanes of at least 4 members (excludes halogenated alkanes) is 1. The molecule has 0 radical (unpaired) electrons. The minimum Gasteiger partial charge on any atom is -0.459 e. The SMILES string of the molecule is O=C(Nc1ccc(Cl)cc1C(=O)NCCCCO)c1ccco1. The van der Waals surface area contributed by atoms with Gasteiger partial charge >= 0.3 is 0 Å². The molecule has 1 aromatic heterocycles. The fourth-order valence-corrected chi connectivity index (χ4v) is 2.11. The van der Waals surface area contributed by atoms with Gasteiger partial charge in [0.2, 0.25) is 0 Å². The largest absolute Gasteiger partial charge is 0.459 e. The van der Waals surface area contributed by atoms with E-state index in [-0.39, 0.29) is 23.8 Å². The van der Waals surface area contributed by atoms with Crippen LogP contribution in [0.1, 0.15) is 33.8 Å². The second-order valence-corrected chi connectivity index (χ2v) is 5.24. The second-order valence-electron chi connectivity index (χ2n) is 4.81. The van der Waals surface area contributed by atoms with Crippen molar-refractivity contribution in [3.05, 3.63) is 52.9 Å². The number of hydrogen-bond acceptors (Lipinski definition) is 4. The van der Waals surface area contributed by atoms with Crippen molar-refractivity contribution in [2.45, 2.75) is 12.8 Å². The first-order chi connectivity index (χ1) is 11.1. The van der Waals surface area contributed by atoms with E-state index in [9.17, 15) is 9.59 Å². The molecule has 0 aliphatic heterocycles. The highest BCUT2D eigenvalue weighted by Crippen LogP contribution is 2.21. The molecule has 122 valence electrons. The van der Waals surface area contributed by atoms with Crippen molar-refractivity contribution < 1.29 is 19.1 Å². The number of aliphatic hydroxyl groups excluding tert-OH is 1. The molecule has 2 rings (SSSR count). The molecule has 0 fully saturated rings. The Kier molecular flexibility index (Phi) is 6.19. The maximum Gasteiger partial charge on any atom is 0.291 e. The highest BCUT2D eigenvalue weighted by atomic mass is 35.5. The van der Waals surface area contributed by atoms with Crippen molar-refractivity contribution in [1.29, 1.82) is 0 Å². The summed E-state index contributed by atoms with van der Waals surface area (Å²) < 4.78 is 5.02. The van der Waals surface area contributed by atoms with Crippen molar-refractivity contribution in [2.24, 2.45) is 0 Å². The maximum absolute atomic E-state index is 12.2. The Morgan fingerprint density at radius 1 is 1.17 bits per heavy atom. The number of halogens is 1. The molecule has 7 heteroatoms. The van der Waals surface area contributed by atoms with E-state index in [4.69, 9.17) is 21.1 Å². The average Bonchev–Trinajstić information content (AvgIpc) is 3.07. The van der Waals surface area contributed by atoms with Crippen molar-refractivity contribution in [1.82, 2.24) is 5.32 Å². The molecule has 23 heavy (non-hydrogen) atoms. The molecular weight excluding hydrogens is 320 g/mol. The van der Waals surface area contributed by atoms with Gasteiger partial charge in [0.1, 0.15) is 0 Å². The summed E-state index contributed by atoms with van der Waals surface area (Å²) in [5.74, 6) is -0.652. The van der Waals surface area contributed by atoms with Crippen LogP contribution >= 0.6 is 11.6 Å². The van der Waals surface area contributed by atoms with Gasteiger partial charge in [-0.3, -0.25) is 9.59 Å². The van der Waals surface area contributed by atoms with Crippen LogP contribution in [-0.2, 0) is 0 Å². The van der Waals surface area contributed by atoms with E-state index in [1.807, 2.05) is 0 Å². The fraction of sp³-hybridized carbons (Fsp3) is 0.250. The number of hydrogen-bond donors (Lipinski definition) is 3. The molecule has 0 atom stereocenters. The van der Waals surface area contributed by atoms with Gasteiger partial charge in [0.25, 0.3) is 11.8 Å². The lowest BCUT2D eigenvalue weighted by molar-refractivity contribution is 0.0953. The smallest absolute Gasteiger partial charge is 0.291 e. The van der Waals surface area contributed by atoms with Crippen LogP contribution in [0.2, 0.25) is 5.02 Å². The quantitative estimate of drug-likeness (QED) is 0.678. The molecule has 0 aliphatic carbocycles. The zero-order valence-corrected chi connectivity index (χ0v) is 13.1. The van der Waals surface area contributed by atoms with Crippen LogP contribution in [-0.4, -0.2) is 30.1 Å². The number of carbonyl (C=O) groups is 2. The van der Waals surface area contributed by atoms with Crippen LogP contribution in [0.15, 0.2) is 41.0 Å². The predicted molar refractivity (Wildman–Crippen MR) is 86.8 cm³/mol. The highest BCUT2D eigenvalue weighted by molar-refractivity contribution is 6.31. The summed E-state index contributed by atoms with van der Waals surface area (Å²) in [5, 5.41) is 14.5. The standard InChI is InChI=1S/C16H17ClN2O4/c17-11-5-6-13(19-16(22)14-4-3-9-23-14)12(10-11)15(21)18-7-1-2-8-20/h3-6,9-10,20H,1-2,7-8H2,(H,18,21)(H,19,22). The van der Waals surface area contributed by atoms with E-state index < -0.39 is 5.91 Å². The summed E-state index contributed by atoms with van der Waals surface area (Å²) in [6, 6.07) is 7.76. The zero-order chi connectivity index (χ0) is 16.7. The zero-order valence-electron chi connectivity index (χ0n) is 12.3. The van der Waals surface area contributed by atoms with Gasteiger partial charge in [-0.2, -0.15) is 0 Å². The average molecular weight is 337 g/mol. The molecule has 0 aliphatic rings. The van der Waals surface area contributed by atoms with E-state index in [2.05, 4.69) is 10.6 Å². The number of benzene rings is 1. The van der Waals surface area contributed by atoms with Crippen LogP contribution < -0.4 is 10.6 Å². The lowest BCUT2D eigenvalue weighted by atomic mass is 10.1. The molecule has 2 amide bonds. The number of rotatable bonds is 7. The normalized spacial score (nSPS) is 10.3. The van der Waals surface area contributed by atoms with Crippen LogP contribution in [0.5, 0.6) is 0 Å². The molecule has 6 nitrogen and oxygen atoms in total. The third-order valence-corrected chi connectivity index (χ3v) is 3.32. The van der Waals surface area contributed by atoms with Gasteiger partial charge in [-0.15, -0.1) is 0 Å². The number of nitrogens with one attached hydrogen (secondary N) is 2. The van der Waals surface area contributed by atoms with Gasteiger partial charge < -0.3 is 20.2 Å². The number of carbonyl (C=O) groups excluding carboxylic acids is 2. The Hall–Kier alpha value is -2.31. The molecule has 0 bridgehead atoms. The second kappa shape index (κ2) is 8.36. The van der Waals surface area contributed by atoms with Crippen LogP contribution in [0.25, 0.3) is 0 Å². The summed E-state index contributed by atoms with van der Waals surface area (Å²) in [6.45, 7) is 0.509. The molecule has 1 aromatic carbocycles. The number of aliphatic hydroxyl groups is 1. The number of amides is 2. The summed E-state index contributed by atoms with van der Waals surface area (Å²) in [4.78, 5) is 24.3. The fourth-order valence-electron chi connectivity index (χ4n) is 1.94. The van der Waals surface area contributed by atoms with E-state index in [0.29, 0.717) is 30.1 Å². The van der Waals surface area contributed by atoms with Gasteiger partial charge in [0, 0.05) is 18.2 Å². The molecule has 0 unspecified atom stereocenters. The van der Waals surface area contributed by atoms with Crippen molar-refractivity contribution in [3.8, 4) is 0 Å². The van der Waals surface area contributed by atoms with E-state index in [1.54, 1.807) is 18.2 Å². The Bertz CT molecular complexity index is 671. The third-order valence-electron chi connectivity index (χ3n) is 3.09. The Labute approximate surface area is 138 Å². The van der Waals surface area contributed by atoms with Gasteiger partial charge in [0.05, 0.1) is 17.5 Å². The van der Waals surface area contributed by atoms with Crippen molar-refractivity contribution in [3.63, 3.8) is 0 Å². The molecule has 0 saturated heterocycles. The lowest BCUT2D eigenvalue weighted by Gasteiger charge is -2.11. The third kappa shape index (κ3) is 4.84. The van der Waals surface area contributed by atoms with Crippen LogP contribution in [0.3, 0.4) is 0 Å². The van der Waals surface area contributed by atoms with Crippen molar-refractivity contribution >= 4 is 29.1 Å². The molecule has 0 spiro atoms. The van der Waals surface area contributed by atoms with Gasteiger partial charge in [-0.25, -0.2) is 0 Å². The first kappa shape index (κ1) is 17.1. The van der Waals surface area contributed by atoms with E-state index in [0.717, 1.165) is 0 Å². The van der Waals surface area contributed by atoms with E-state index in [1.165, 1.54) is 18.4 Å². The highest BCUT2D eigenvalue weighted by Gasteiger charge is 2.16. The molecule has 1 heterocycles. The maximum atomic E-state index is 12.2. The first-order valence-electron chi connectivity index (χ1n) is 7.15. The van der Waals surface area contributed by atoms with Crippen LogP contribution in [0, 0.1) is 0 Å². The first-order valence-corrected chi connectivity index (χ1v) is 7.53. The van der Waals surface area contributed by atoms with Crippen molar-refractivity contribution in [2.75, 3.05) is 18.5 Å². The Morgan fingerprint density at radius 3 is 2.70 bits per heavy atom. The molecule has 3 N–H and O–H groups in total. The Morgan fingerprint density at radius 2 is 2.00 bits per heavy atom. The topological polar surface area (TPSA) is 91.6 Å². The summed E-state index contributed by atoms with van der Waals surface area (Å²) in [6.07, 6.45) is 2.67. The predicted octanol–water partition coefficient (Wildman–Crippen LogP) is 2.69. The molecule has 2 aromatic rings. The molecule has 0 saturated carbocycles. The van der Waals surface area contributed by atoms with Crippen LogP contribution in [0.4, 0.5) is 5.69 Å². The lowest BCUT2D eigenvalue weighted by Crippen LogP contribution is -2.26. The summed E-state index contributed by atoms with van der Waals surface area (Å²) >= 11 is 5.94. The van der Waals surface area contributed by atoms with E-state index >= 15 is 0 Å². The van der Waals surface area contributed by atoms with Gasteiger partial charge in [-0.1, -0.05) is 11.6 Å². The van der Waals surface area contributed by atoms with Gasteiger partial charge in [-0.05, 0) is 43.2 Å². The monoisotopic (exact) mass is 336 g/mol. The molecular formula is C16H17ClN2O4. The summed E-state index contributed by atoms with van der Waals surface area (Å²) in [7, 11) is 0. The summed E-state index contributed by atoms with van der Waals surface area (Å²) in [5.41, 5.74) is 0.608.